The first-order valence-corrected chi connectivity index (χ1v) is 12.1. The van der Waals surface area contributed by atoms with Crippen LogP contribution in [0.15, 0.2) is 48.5 Å². The minimum atomic E-state index is -0.767. The monoisotopic (exact) mass is 476 g/mol. The molecule has 8 heteroatoms. The quantitative estimate of drug-likeness (QED) is 0.501. The summed E-state index contributed by atoms with van der Waals surface area (Å²) >= 11 is 1.60. The summed E-state index contributed by atoms with van der Waals surface area (Å²) in [6, 6.07) is 15.7. The topological polar surface area (TPSA) is 64.6 Å². The molecule has 0 unspecified atom stereocenters. The molecule has 0 spiro atoms. The van der Waals surface area contributed by atoms with Crippen molar-refractivity contribution in [3.05, 3.63) is 59.7 Å². The van der Waals surface area contributed by atoms with Crippen molar-refractivity contribution in [1.29, 1.82) is 0 Å². The smallest absolute Gasteiger partial charge is 0.218 e. The van der Waals surface area contributed by atoms with E-state index in [9.17, 15) is 0 Å². The van der Waals surface area contributed by atoms with Crippen molar-refractivity contribution < 1.29 is 33.2 Å². The molecule has 2 aromatic carbocycles. The van der Waals surface area contributed by atoms with Gasteiger partial charge in [0.1, 0.15) is 29.8 Å². The average Bonchev–Trinajstić information content (AvgIpc) is 3.18. The summed E-state index contributed by atoms with van der Waals surface area (Å²) in [5.41, 5.74) is 2.08. The molecule has 2 aromatic rings. The Labute approximate surface area is 199 Å². The van der Waals surface area contributed by atoms with Crippen molar-refractivity contribution in [2.24, 2.45) is 0 Å². The van der Waals surface area contributed by atoms with E-state index in [-0.39, 0.29) is 18.3 Å². The van der Waals surface area contributed by atoms with Gasteiger partial charge in [0, 0.05) is 6.92 Å². The van der Waals surface area contributed by atoms with Gasteiger partial charge in [-0.05, 0) is 41.1 Å². The zero-order valence-electron chi connectivity index (χ0n) is 19.5. The molecule has 0 aliphatic carbocycles. The summed E-state index contributed by atoms with van der Waals surface area (Å²) in [6.07, 6.45) is -1.52. The Balaban J connectivity index is 1.46. The number of hydrogen-bond donors (Lipinski definition) is 0. The summed E-state index contributed by atoms with van der Waals surface area (Å²) in [7, 11) is 3.31. The van der Waals surface area contributed by atoms with E-state index in [0.717, 1.165) is 28.4 Å². The first kappa shape index (κ1) is 24.3. The fraction of sp³-hybridized carbons (Fsp3) is 0.520. The van der Waals surface area contributed by atoms with Gasteiger partial charge in [-0.3, -0.25) is 0 Å². The fourth-order valence-electron chi connectivity index (χ4n) is 3.97. The Kier molecular flexibility index (Phi) is 8.16. The van der Waals surface area contributed by atoms with Gasteiger partial charge in [0.15, 0.2) is 6.29 Å². The van der Waals surface area contributed by atoms with Crippen molar-refractivity contribution in [1.82, 2.24) is 0 Å². The lowest BCUT2D eigenvalue weighted by Crippen LogP contribution is -2.53. The molecular formula is C25H32O7S. The zero-order valence-corrected chi connectivity index (χ0v) is 20.3. The molecule has 180 valence electrons. The number of rotatable bonds is 10. The molecule has 0 amide bonds. The Morgan fingerprint density at radius 2 is 1.45 bits per heavy atom. The minimum Gasteiger partial charge on any atom is -0.497 e. The van der Waals surface area contributed by atoms with Crippen molar-refractivity contribution >= 4 is 11.8 Å². The molecule has 2 saturated heterocycles. The van der Waals surface area contributed by atoms with E-state index in [1.165, 1.54) is 0 Å². The van der Waals surface area contributed by atoms with E-state index < -0.39 is 11.4 Å². The van der Waals surface area contributed by atoms with Gasteiger partial charge >= 0.3 is 0 Å². The first-order chi connectivity index (χ1) is 16.0. The number of methoxy groups -OCH3 is 2. The van der Waals surface area contributed by atoms with Gasteiger partial charge in [0.2, 0.25) is 5.12 Å². The lowest BCUT2D eigenvalue weighted by atomic mass is 10.0. The highest BCUT2D eigenvalue weighted by Gasteiger charge is 2.54. The molecule has 5 atom stereocenters. The maximum absolute atomic E-state index is 6.39. The minimum absolute atomic E-state index is 0.302. The standard InChI is InChI=1S/C25H32O7S/c1-5-33-25(2)31-23-22(29-15-18-8-12-20(27-4)13-9-18)21(16-30-24(23)32-25)28-14-17-6-10-19(26-3)11-7-17/h6-13,21-24H,5,14-16H2,1-4H3/t21-,22+,23-,24-,25+/m1/s1. The molecule has 7 nitrogen and oxygen atoms in total. The molecule has 0 aromatic heterocycles. The molecule has 0 radical (unpaired) electrons. The Morgan fingerprint density at radius 1 is 0.879 bits per heavy atom. The number of hydrogen-bond acceptors (Lipinski definition) is 8. The Hall–Kier alpha value is -1.81. The molecule has 0 saturated carbocycles. The van der Waals surface area contributed by atoms with E-state index in [2.05, 4.69) is 6.92 Å². The molecule has 2 fully saturated rings. The summed E-state index contributed by atoms with van der Waals surface area (Å²) in [5.74, 6) is 2.49. The lowest BCUT2D eigenvalue weighted by Gasteiger charge is -2.37. The maximum Gasteiger partial charge on any atom is 0.218 e. The summed E-state index contributed by atoms with van der Waals surface area (Å²) < 4.78 is 41.5. The van der Waals surface area contributed by atoms with Crippen molar-refractivity contribution in [2.75, 3.05) is 26.6 Å². The van der Waals surface area contributed by atoms with E-state index in [1.54, 1.807) is 26.0 Å². The van der Waals surface area contributed by atoms with E-state index in [1.807, 2.05) is 55.5 Å². The molecule has 0 N–H and O–H groups in total. The third-order valence-electron chi connectivity index (χ3n) is 5.69. The predicted octanol–water partition coefficient (Wildman–Crippen LogP) is 4.37. The van der Waals surface area contributed by atoms with Crippen LogP contribution in [0.4, 0.5) is 0 Å². The highest BCUT2D eigenvalue weighted by molar-refractivity contribution is 8.00. The van der Waals surface area contributed by atoms with Crippen LogP contribution in [0.3, 0.4) is 0 Å². The van der Waals surface area contributed by atoms with E-state index in [4.69, 9.17) is 33.2 Å². The molecule has 2 heterocycles. The second-order valence-corrected chi connectivity index (χ2v) is 9.63. The molecule has 2 aliphatic rings. The van der Waals surface area contributed by atoms with Gasteiger partial charge < -0.3 is 33.2 Å². The number of thioether (sulfide) groups is 1. The summed E-state index contributed by atoms with van der Waals surface area (Å²) in [6.45, 7) is 5.21. The average molecular weight is 477 g/mol. The van der Waals surface area contributed by atoms with Gasteiger partial charge in [-0.25, -0.2) is 0 Å². The Bertz CT molecular complexity index is 875. The van der Waals surface area contributed by atoms with Crippen LogP contribution in [0.5, 0.6) is 11.5 Å². The number of benzene rings is 2. The lowest BCUT2D eigenvalue weighted by molar-refractivity contribution is -0.238. The van der Waals surface area contributed by atoms with Gasteiger partial charge in [-0.15, -0.1) is 0 Å². The third-order valence-corrected chi connectivity index (χ3v) is 6.70. The third kappa shape index (κ3) is 6.01. The van der Waals surface area contributed by atoms with E-state index >= 15 is 0 Å². The maximum atomic E-state index is 6.39. The fourth-order valence-corrected chi connectivity index (χ4v) is 4.84. The van der Waals surface area contributed by atoms with Gasteiger partial charge in [-0.1, -0.05) is 43.0 Å². The van der Waals surface area contributed by atoms with Gasteiger partial charge in [0.05, 0.1) is 34.0 Å². The van der Waals surface area contributed by atoms with Crippen LogP contribution < -0.4 is 9.47 Å². The highest BCUT2D eigenvalue weighted by atomic mass is 32.2. The van der Waals surface area contributed by atoms with Crippen LogP contribution in [0.25, 0.3) is 0 Å². The second kappa shape index (κ2) is 11.1. The molecule has 33 heavy (non-hydrogen) atoms. The zero-order chi connectivity index (χ0) is 23.3. The number of ether oxygens (including phenoxy) is 7. The van der Waals surface area contributed by atoms with Crippen molar-refractivity contribution in [2.45, 2.75) is 56.8 Å². The van der Waals surface area contributed by atoms with Gasteiger partial charge in [0.25, 0.3) is 0 Å². The largest absolute Gasteiger partial charge is 0.497 e. The molecule has 2 aliphatic heterocycles. The predicted molar refractivity (Wildman–Crippen MR) is 125 cm³/mol. The highest BCUT2D eigenvalue weighted by Crippen LogP contribution is 2.42. The van der Waals surface area contributed by atoms with Crippen LogP contribution in [0.2, 0.25) is 0 Å². The van der Waals surface area contributed by atoms with Gasteiger partial charge in [-0.2, -0.15) is 0 Å². The molecular weight excluding hydrogens is 444 g/mol. The molecule has 4 rings (SSSR count). The first-order valence-electron chi connectivity index (χ1n) is 11.1. The van der Waals surface area contributed by atoms with Crippen molar-refractivity contribution in [3.63, 3.8) is 0 Å². The van der Waals surface area contributed by atoms with Crippen LogP contribution in [0, 0.1) is 0 Å². The van der Waals surface area contributed by atoms with Crippen LogP contribution in [0.1, 0.15) is 25.0 Å². The second-order valence-electron chi connectivity index (χ2n) is 8.02. The number of fused-ring (bicyclic) bond motifs is 1. The van der Waals surface area contributed by atoms with Crippen LogP contribution >= 0.6 is 11.8 Å². The molecule has 0 bridgehead atoms. The normalized spacial score (nSPS) is 29.0. The van der Waals surface area contributed by atoms with E-state index in [0.29, 0.717) is 19.8 Å². The van der Waals surface area contributed by atoms with Crippen LogP contribution in [-0.4, -0.2) is 56.3 Å². The van der Waals surface area contributed by atoms with Crippen LogP contribution in [-0.2, 0) is 36.9 Å². The van der Waals surface area contributed by atoms with Crippen molar-refractivity contribution in [3.8, 4) is 11.5 Å². The Morgan fingerprint density at radius 3 is 2.00 bits per heavy atom. The summed E-state index contributed by atoms with van der Waals surface area (Å²) in [5, 5.41) is -0.767. The SMILES string of the molecule is CCS[C@]1(C)O[C@H]2OC[C@@H](OCc3ccc(OC)cc3)[C@H](OCc3ccc(OC)cc3)[C@H]2O1. The summed E-state index contributed by atoms with van der Waals surface area (Å²) in [4.78, 5) is 0.